The van der Waals surface area contributed by atoms with Gasteiger partial charge in [-0.3, -0.25) is 9.78 Å². The van der Waals surface area contributed by atoms with Crippen molar-refractivity contribution in [1.82, 2.24) is 4.98 Å². The number of pyridine rings is 1. The summed E-state index contributed by atoms with van der Waals surface area (Å²) in [5, 5.41) is 12.6. The van der Waals surface area contributed by atoms with Gasteiger partial charge in [-0.2, -0.15) is 0 Å². The van der Waals surface area contributed by atoms with Gasteiger partial charge in [-0.15, -0.1) is 12.4 Å². The second kappa shape index (κ2) is 10.7. The summed E-state index contributed by atoms with van der Waals surface area (Å²) in [6.07, 6.45) is 6.36. The van der Waals surface area contributed by atoms with E-state index in [2.05, 4.69) is 10.3 Å². The summed E-state index contributed by atoms with van der Waals surface area (Å²) < 4.78 is 10.7. The van der Waals surface area contributed by atoms with Gasteiger partial charge >= 0.3 is 0 Å². The predicted molar refractivity (Wildman–Crippen MR) is 115 cm³/mol. The van der Waals surface area contributed by atoms with E-state index in [9.17, 15) is 9.90 Å². The molecule has 1 heterocycles. The fraction of sp³-hybridized carbons (Fsp3) is 0.0909. The molecule has 0 saturated heterocycles. The van der Waals surface area contributed by atoms with E-state index in [-0.39, 0.29) is 24.1 Å². The summed E-state index contributed by atoms with van der Waals surface area (Å²) in [6, 6.07) is 15.9. The van der Waals surface area contributed by atoms with Crippen LogP contribution < -0.4 is 14.8 Å². The summed E-state index contributed by atoms with van der Waals surface area (Å²) >= 11 is 0. The minimum atomic E-state index is -0.275. The Morgan fingerprint density at radius 2 is 1.93 bits per heavy atom. The number of phenolic OH excluding ortho intramolecular Hbond substituents is 1. The number of aromatic hydroxyl groups is 1. The lowest BCUT2D eigenvalue weighted by Crippen LogP contribution is -2.08. The van der Waals surface area contributed by atoms with E-state index in [0.717, 1.165) is 11.3 Å². The maximum Gasteiger partial charge on any atom is 0.248 e. The van der Waals surface area contributed by atoms with Crippen molar-refractivity contribution in [3.8, 4) is 17.2 Å². The van der Waals surface area contributed by atoms with Crippen molar-refractivity contribution in [3.63, 3.8) is 0 Å². The molecule has 150 valence electrons. The Hall–Kier alpha value is -3.51. The van der Waals surface area contributed by atoms with Crippen LogP contribution in [0.2, 0.25) is 0 Å². The third kappa shape index (κ3) is 6.55. The largest absolute Gasteiger partial charge is 0.504 e. The second-order valence-corrected chi connectivity index (χ2v) is 5.93. The number of rotatable bonds is 7. The van der Waals surface area contributed by atoms with E-state index in [1.165, 1.54) is 19.3 Å². The molecule has 0 saturated carbocycles. The van der Waals surface area contributed by atoms with Crippen LogP contribution in [0.25, 0.3) is 6.08 Å². The zero-order chi connectivity index (χ0) is 19.8. The van der Waals surface area contributed by atoms with Crippen LogP contribution >= 0.6 is 12.4 Å². The van der Waals surface area contributed by atoms with E-state index in [1.54, 1.807) is 48.8 Å². The Labute approximate surface area is 175 Å². The molecule has 0 radical (unpaired) electrons. The van der Waals surface area contributed by atoms with Crippen LogP contribution in [0.5, 0.6) is 17.2 Å². The molecule has 1 aromatic heterocycles. The van der Waals surface area contributed by atoms with Crippen LogP contribution in [0.15, 0.2) is 73.1 Å². The minimum Gasteiger partial charge on any atom is -0.504 e. The van der Waals surface area contributed by atoms with Gasteiger partial charge in [0.05, 0.1) is 7.11 Å². The van der Waals surface area contributed by atoms with E-state index in [1.807, 2.05) is 18.2 Å². The molecule has 0 aliphatic rings. The molecule has 2 aromatic carbocycles. The molecule has 0 unspecified atom stereocenters. The third-order valence-electron chi connectivity index (χ3n) is 3.88. The highest BCUT2D eigenvalue weighted by Gasteiger charge is 2.03. The molecule has 0 atom stereocenters. The smallest absolute Gasteiger partial charge is 0.248 e. The van der Waals surface area contributed by atoms with Gasteiger partial charge in [-0.05, 0) is 53.6 Å². The quantitative estimate of drug-likeness (QED) is 0.560. The molecule has 6 nitrogen and oxygen atoms in total. The first-order valence-corrected chi connectivity index (χ1v) is 8.62. The second-order valence-electron chi connectivity index (χ2n) is 5.93. The molecule has 0 aliphatic carbocycles. The number of halogens is 1. The van der Waals surface area contributed by atoms with Gasteiger partial charge in [0.2, 0.25) is 5.91 Å². The fourth-order valence-electron chi connectivity index (χ4n) is 2.51. The number of carbonyl (C=O) groups is 1. The molecule has 1 amide bonds. The summed E-state index contributed by atoms with van der Waals surface area (Å²) in [6.45, 7) is 0.384. The van der Waals surface area contributed by atoms with Gasteiger partial charge in [0.25, 0.3) is 0 Å². The molecule has 0 bridgehead atoms. The van der Waals surface area contributed by atoms with Crippen molar-refractivity contribution >= 4 is 30.1 Å². The van der Waals surface area contributed by atoms with Crippen molar-refractivity contribution in [2.24, 2.45) is 0 Å². The Morgan fingerprint density at radius 1 is 1.14 bits per heavy atom. The van der Waals surface area contributed by atoms with Gasteiger partial charge in [0.1, 0.15) is 12.4 Å². The molecular formula is C22H21ClN2O4. The van der Waals surface area contributed by atoms with Gasteiger partial charge in [0, 0.05) is 24.2 Å². The van der Waals surface area contributed by atoms with Crippen molar-refractivity contribution in [2.45, 2.75) is 6.61 Å². The number of hydrogen-bond acceptors (Lipinski definition) is 5. The third-order valence-corrected chi connectivity index (χ3v) is 3.88. The number of phenols is 1. The summed E-state index contributed by atoms with van der Waals surface area (Å²) in [4.78, 5) is 16.1. The molecule has 29 heavy (non-hydrogen) atoms. The van der Waals surface area contributed by atoms with Crippen molar-refractivity contribution < 1.29 is 19.4 Å². The zero-order valence-electron chi connectivity index (χ0n) is 15.7. The first kappa shape index (κ1) is 21.8. The number of amides is 1. The highest BCUT2D eigenvalue weighted by Crippen LogP contribution is 2.26. The first-order chi connectivity index (χ1) is 13.6. The maximum absolute atomic E-state index is 12.2. The normalized spacial score (nSPS) is 10.2. The standard InChI is InChI=1S/C22H20N2O4.ClH/c1-27-21-7-5-16(14-20(21)25)6-8-22(26)24-18-4-2-3-17(13-18)15-28-19-9-11-23-12-10-19;/h2-14,25H,15H2,1H3,(H,24,26);1H/b8-6+;. The maximum atomic E-state index is 12.2. The zero-order valence-corrected chi connectivity index (χ0v) is 16.6. The molecule has 2 N–H and O–H groups in total. The van der Waals surface area contributed by atoms with Crippen LogP contribution in [0.1, 0.15) is 11.1 Å². The number of hydrogen-bond donors (Lipinski definition) is 2. The fourth-order valence-corrected chi connectivity index (χ4v) is 2.51. The molecule has 3 aromatic rings. The number of benzene rings is 2. The van der Waals surface area contributed by atoms with Crippen molar-refractivity contribution in [1.29, 1.82) is 0 Å². The Bertz CT molecular complexity index is 978. The average molecular weight is 413 g/mol. The van der Waals surface area contributed by atoms with E-state index >= 15 is 0 Å². The molecule has 0 spiro atoms. The lowest BCUT2D eigenvalue weighted by atomic mass is 10.2. The van der Waals surface area contributed by atoms with Crippen molar-refractivity contribution in [2.75, 3.05) is 12.4 Å². The van der Waals surface area contributed by atoms with Crippen LogP contribution in [-0.2, 0) is 11.4 Å². The highest BCUT2D eigenvalue weighted by molar-refractivity contribution is 6.02. The Kier molecular flexibility index (Phi) is 8.06. The number of aromatic nitrogens is 1. The Morgan fingerprint density at radius 3 is 2.66 bits per heavy atom. The van der Waals surface area contributed by atoms with Crippen LogP contribution in [0, 0.1) is 0 Å². The molecule has 0 fully saturated rings. The number of methoxy groups -OCH3 is 1. The number of carbonyl (C=O) groups excluding carboxylic acids is 1. The predicted octanol–water partition coefficient (Wildman–Crippen LogP) is 4.45. The number of ether oxygens (including phenoxy) is 2. The van der Waals surface area contributed by atoms with E-state index in [4.69, 9.17) is 9.47 Å². The van der Waals surface area contributed by atoms with Gasteiger partial charge in [0.15, 0.2) is 11.5 Å². The number of nitrogens with one attached hydrogen (secondary N) is 1. The monoisotopic (exact) mass is 412 g/mol. The van der Waals surface area contributed by atoms with Crippen LogP contribution in [-0.4, -0.2) is 23.1 Å². The average Bonchev–Trinajstić information content (AvgIpc) is 2.72. The van der Waals surface area contributed by atoms with Crippen molar-refractivity contribution in [3.05, 3.63) is 84.2 Å². The summed E-state index contributed by atoms with van der Waals surface area (Å²) in [7, 11) is 1.48. The Balaban J connectivity index is 0.00000300. The van der Waals surface area contributed by atoms with E-state index in [0.29, 0.717) is 23.6 Å². The number of anilines is 1. The van der Waals surface area contributed by atoms with Gasteiger partial charge in [-0.1, -0.05) is 18.2 Å². The molecule has 0 aliphatic heterocycles. The van der Waals surface area contributed by atoms with E-state index < -0.39 is 0 Å². The highest BCUT2D eigenvalue weighted by atomic mass is 35.5. The summed E-state index contributed by atoms with van der Waals surface area (Å²) in [5.74, 6) is 0.858. The molecular weight excluding hydrogens is 392 g/mol. The summed E-state index contributed by atoms with van der Waals surface area (Å²) in [5.41, 5.74) is 2.29. The lowest BCUT2D eigenvalue weighted by molar-refractivity contribution is -0.111. The van der Waals surface area contributed by atoms with Gasteiger partial charge in [-0.25, -0.2) is 0 Å². The molecule has 3 rings (SSSR count). The number of nitrogens with zero attached hydrogens (tertiary/aromatic N) is 1. The molecule has 7 heteroatoms. The minimum absolute atomic E-state index is 0. The SMILES string of the molecule is COc1ccc(/C=C/C(=O)Nc2cccc(COc3ccncc3)c2)cc1O.Cl. The van der Waals surface area contributed by atoms with Crippen LogP contribution in [0.3, 0.4) is 0 Å². The topological polar surface area (TPSA) is 80.7 Å². The first-order valence-electron chi connectivity index (χ1n) is 8.62. The van der Waals surface area contributed by atoms with Gasteiger partial charge < -0.3 is 19.9 Å². The van der Waals surface area contributed by atoms with Crippen LogP contribution in [0.4, 0.5) is 5.69 Å². The lowest BCUT2D eigenvalue weighted by Gasteiger charge is -2.08.